The molecule has 1 aromatic rings. The number of anilines is 1. The van der Waals surface area contributed by atoms with Gasteiger partial charge in [-0.05, 0) is 62.3 Å². The van der Waals surface area contributed by atoms with Crippen molar-refractivity contribution in [1.82, 2.24) is 10.2 Å². The summed E-state index contributed by atoms with van der Waals surface area (Å²) in [5.74, 6) is 0.248. The zero-order chi connectivity index (χ0) is 22.2. The number of carbonyl (C=O) groups excluding carboxylic acids is 2. The molecule has 1 aliphatic heterocycles. The van der Waals surface area contributed by atoms with Crippen LogP contribution in [-0.4, -0.2) is 55.5 Å². The molecule has 7 nitrogen and oxygen atoms in total. The lowest BCUT2D eigenvalue weighted by atomic mass is 9.84. The lowest BCUT2D eigenvalue weighted by Crippen LogP contribution is -2.47. The maximum atomic E-state index is 11.9. The Hall–Kier alpha value is -1.83. The first-order valence-corrected chi connectivity index (χ1v) is 11.9. The van der Waals surface area contributed by atoms with Crippen molar-refractivity contribution in [1.29, 1.82) is 0 Å². The Morgan fingerprint density at radius 2 is 1.77 bits per heavy atom. The molecule has 2 amide bonds. The Labute approximate surface area is 190 Å². The molecule has 1 saturated carbocycles. The minimum absolute atomic E-state index is 0.0578. The number of rotatable bonds is 9. The molecule has 3 rings (SSSR count). The van der Waals surface area contributed by atoms with E-state index in [0.29, 0.717) is 6.54 Å². The third-order valence-corrected chi connectivity index (χ3v) is 6.88. The number of halogens is 1. The van der Waals surface area contributed by atoms with E-state index < -0.39 is 5.91 Å². The summed E-state index contributed by atoms with van der Waals surface area (Å²) in [7, 11) is 0. The molecular formula is C23H36ClN5O2. The summed E-state index contributed by atoms with van der Waals surface area (Å²) in [6.07, 6.45) is 5.90. The minimum atomic E-state index is -0.424. The molecule has 8 heteroatoms. The average Bonchev–Trinajstić information content (AvgIpc) is 2.77. The fraction of sp³-hybridized carbons (Fsp3) is 0.652. The number of piperazine rings is 1. The van der Waals surface area contributed by atoms with E-state index in [1.165, 1.54) is 12.1 Å². The zero-order valence-electron chi connectivity index (χ0n) is 18.3. The maximum absolute atomic E-state index is 11.9. The van der Waals surface area contributed by atoms with Gasteiger partial charge in [0.1, 0.15) is 0 Å². The van der Waals surface area contributed by atoms with E-state index in [9.17, 15) is 9.59 Å². The Morgan fingerprint density at radius 1 is 1.06 bits per heavy atom. The highest BCUT2D eigenvalue weighted by Gasteiger charge is 2.24. The minimum Gasteiger partial charge on any atom is -0.370 e. The molecule has 1 aromatic carbocycles. The van der Waals surface area contributed by atoms with Crippen molar-refractivity contribution >= 4 is 29.1 Å². The highest BCUT2D eigenvalue weighted by Crippen LogP contribution is 2.28. The lowest BCUT2D eigenvalue weighted by Gasteiger charge is -2.38. The van der Waals surface area contributed by atoms with Gasteiger partial charge in [0.2, 0.25) is 11.8 Å². The summed E-state index contributed by atoms with van der Waals surface area (Å²) in [6, 6.07) is 6.21. The summed E-state index contributed by atoms with van der Waals surface area (Å²) in [4.78, 5) is 27.6. The van der Waals surface area contributed by atoms with Gasteiger partial charge in [0.15, 0.2) is 0 Å². The Bertz CT molecular complexity index is 743. The molecule has 2 aliphatic rings. The number of nitrogens with zero attached hydrogens (tertiary/aromatic N) is 2. The number of nitrogens with one attached hydrogen (secondary N) is 1. The van der Waals surface area contributed by atoms with Gasteiger partial charge < -0.3 is 21.7 Å². The van der Waals surface area contributed by atoms with Crippen LogP contribution >= 0.6 is 11.6 Å². The number of carbonyl (C=O) groups is 2. The number of nitrogens with two attached hydrogens (primary N) is 2. The second kappa shape index (κ2) is 11.7. The predicted molar refractivity (Wildman–Crippen MR) is 125 cm³/mol. The van der Waals surface area contributed by atoms with Crippen molar-refractivity contribution in [3.8, 4) is 0 Å². The van der Waals surface area contributed by atoms with Gasteiger partial charge in [-0.3, -0.25) is 14.5 Å². The first kappa shape index (κ1) is 23.8. The molecule has 1 heterocycles. The summed E-state index contributed by atoms with van der Waals surface area (Å²) >= 11 is 6.20. The molecule has 0 spiro atoms. The highest BCUT2D eigenvalue weighted by atomic mass is 35.5. The van der Waals surface area contributed by atoms with Crippen LogP contribution in [0.15, 0.2) is 18.2 Å². The first-order chi connectivity index (χ1) is 14.9. The molecule has 5 N–H and O–H groups in total. The fourth-order valence-electron chi connectivity index (χ4n) is 4.71. The third kappa shape index (κ3) is 7.37. The van der Waals surface area contributed by atoms with E-state index in [1.54, 1.807) is 0 Å². The molecule has 0 unspecified atom stereocenters. The van der Waals surface area contributed by atoms with Crippen molar-refractivity contribution in [3.63, 3.8) is 0 Å². The van der Waals surface area contributed by atoms with Gasteiger partial charge in [0.25, 0.3) is 0 Å². The van der Waals surface area contributed by atoms with E-state index in [1.807, 2.05) is 18.2 Å². The standard InChI is InChI=1S/C23H36ClN5O2/c24-19-4-3-18(16-25)21(15-19)29-13-11-28(12-14-29)10-9-17-1-5-20(6-2-17)27-23(31)8-7-22(26)30/h3-4,15,17,20H,1-2,5-14,16,25H2,(H2,26,30)(H,27,31). The van der Waals surface area contributed by atoms with E-state index in [4.69, 9.17) is 23.1 Å². The van der Waals surface area contributed by atoms with Crippen LogP contribution in [0, 0.1) is 5.92 Å². The number of benzene rings is 1. The topological polar surface area (TPSA) is 105 Å². The largest absolute Gasteiger partial charge is 0.370 e. The number of hydrogen-bond acceptors (Lipinski definition) is 5. The van der Waals surface area contributed by atoms with Crippen molar-refractivity contribution in [3.05, 3.63) is 28.8 Å². The highest BCUT2D eigenvalue weighted by molar-refractivity contribution is 6.30. The molecule has 0 atom stereocenters. The molecule has 0 aromatic heterocycles. The Kier molecular flexibility index (Phi) is 8.99. The Morgan fingerprint density at radius 3 is 2.42 bits per heavy atom. The van der Waals surface area contributed by atoms with E-state index >= 15 is 0 Å². The van der Waals surface area contributed by atoms with Gasteiger partial charge in [-0.1, -0.05) is 17.7 Å². The quantitative estimate of drug-likeness (QED) is 0.536. The monoisotopic (exact) mass is 449 g/mol. The summed E-state index contributed by atoms with van der Waals surface area (Å²) in [5, 5.41) is 3.81. The van der Waals surface area contributed by atoms with Gasteiger partial charge >= 0.3 is 0 Å². The van der Waals surface area contributed by atoms with Crippen LogP contribution in [0.2, 0.25) is 5.02 Å². The van der Waals surface area contributed by atoms with Gasteiger partial charge in [-0.15, -0.1) is 0 Å². The van der Waals surface area contributed by atoms with Crippen LogP contribution in [0.1, 0.15) is 50.5 Å². The number of hydrogen-bond donors (Lipinski definition) is 3. The molecular weight excluding hydrogens is 414 g/mol. The molecule has 1 saturated heterocycles. The fourth-order valence-corrected chi connectivity index (χ4v) is 4.88. The van der Waals surface area contributed by atoms with Crippen LogP contribution < -0.4 is 21.7 Å². The maximum Gasteiger partial charge on any atom is 0.220 e. The second-order valence-electron chi connectivity index (χ2n) is 8.85. The average molecular weight is 450 g/mol. The zero-order valence-corrected chi connectivity index (χ0v) is 19.1. The molecule has 31 heavy (non-hydrogen) atoms. The van der Waals surface area contributed by atoms with Gasteiger partial charge in [-0.2, -0.15) is 0 Å². The van der Waals surface area contributed by atoms with E-state index in [-0.39, 0.29) is 24.8 Å². The van der Waals surface area contributed by atoms with Gasteiger partial charge in [0.05, 0.1) is 0 Å². The summed E-state index contributed by atoms with van der Waals surface area (Å²) < 4.78 is 0. The first-order valence-electron chi connectivity index (χ1n) is 11.5. The molecule has 0 bridgehead atoms. The van der Waals surface area contributed by atoms with Gasteiger partial charge in [-0.25, -0.2) is 0 Å². The van der Waals surface area contributed by atoms with E-state index in [0.717, 1.165) is 74.9 Å². The third-order valence-electron chi connectivity index (χ3n) is 6.64. The molecule has 0 radical (unpaired) electrons. The second-order valence-corrected chi connectivity index (χ2v) is 9.28. The smallest absolute Gasteiger partial charge is 0.220 e. The van der Waals surface area contributed by atoms with E-state index in [2.05, 4.69) is 15.1 Å². The summed E-state index contributed by atoms with van der Waals surface area (Å²) in [6.45, 7) is 5.77. The van der Waals surface area contributed by atoms with Crippen molar-refractivity contribution in [2.45, 2.75) is 57.5 Å². The van der Waals surface area contributed by atoms with Crippen LogP contribution in [0.25, 0.3) is 0 Å². The van der Waals surface area contributed by atoms with Crippen molar-refractivity contribution < 1.29 is 9.59 Å². The van der Waals surface area contributed by atoms with Crippen LogP contribution in [0.5, 0.6) is 0 Å². The van der Waals surface area contributed by atoms with Gasteiger partial charge in [0, 0.05) is 62.3 Å². The van der Waals surface area contributed by atoms with Crippen LogP contribution in [0.3, 0.4) is 0 Å². The SMILES string of the molecule is NCc1ccc(Cl)cc1N1CCN(CCC2CCC(NC(=O)CCC(N)=O)CC2)CC1. The van der Waals surface area contributed by atoms with Crippen molar-refractivity contribution in [2.24, 2.45) is 17.4 Å². The molecule has 2 fully saturated rings. The number of primary amides is 1. The molecule has 1 aliphatic carbocycles. The lowest BCUT2D eigenvalue weighted by molar-refractivity contribution is -0.125. The Balaban J connectivity index is 1.34. The van der Waals surface area contributed by atoms with Crippen molar-refractivity contribution in [2.75, 3.05) is 37.6 Å². The predicted octanol–water partition coefficient (Wildman–Crippen LogP) is 2.25. The molecule has 172 valence electrons. The normalized spacial score (nSPS) is 22.3. The number of amides is 2. The summed E-state index contributed by atoms with van der Waals surface area (Å²) in [5.41, 5.74) is 13.3. The van der Waals surface area contributed by atoms with Crippen LogP contribution in [-0.2, 0) is 16.1 Å². The van der Waals surface area contributed by atoms with Crippen LogP contribution in [0.4, 0.5) is 5.69 Å².